The molecular formula is C6H12N2. The molecule has 1 aliphatic rings. The number of hydrogen-bond donors (Lipinski definition) is 0. The Labute approximate surface area is 50.2 Å². The van der Waals surface area contributed by atoms with Crippen LogP contribution in [-0.2, 0) is 0 Å². The number of amidine groups is 1. The standard InChI is InChI=1S/C6H12N2/c1-5-7-6(2,3)8(5)4/h1-4H3. The van der Waals surface area contributed by atoms with Gasteiger partial charge in [-0.1, -0.05) is 0 Å². The molecular weight excluding hydrogens is 100 g/mol. The van der Waals surface area contributed by atoms with Gasteiger partial charge in [0.05, 0.1) is 0 Å². The molecule has 0 radical (unpaired) electrons. The van der Waals surface area contributed by atoms with Crippen LogP contribution in [0.15, 0.2) is 4.99 Å². The molecule has 0 aromatic heterocycles. The molecule has 0 aromatic carbocycles. The second-order valence-corrected chi connectivity index (χ2v) is 2.71. The van der Waals surface area contributed by atoms with E-state index in [4.69, 9.17) is 0 Å². The first-order valence-electron chi connectivity index (χ1n) is 2.84. The van der Waals surface area contributed by atoms with Crippen LogP contribution in [0, 0.1) is 0 Å². The minimum atomic E-state index is 0.0735. The van der Waals surface area contributed by atoms with Crippen LogP contribution in [0.25, 0.3) is 0 Å². The van der Waals surface area contributed by atoms with Gasteiger partial charge in [-0.05, 0) is 20.8 Å². The smallest absolute Gasteiger partial charge is 0.128 e. The summed E-state index contributed by atoms with van der Waals surface area (Å²) in [5.41, 5.74) is 0.0735. The number of nitrogens with zero attached hydrogens (tertiary/aromatic N) is 2. The van der Waals surface area contributed by atoms with Crippen molar-refractivity contribution in [1.29, 1.82) is 0 Å². The normalized spacial score (nSPS) is 24.5. The monoisotopic (exact) mass is 112 g/mol. The largest absolute Gasteiger partial charge is 0.339 e. The van der Waals surface area contributed by atoms with Gasteiger partial charge >= 0.3 is 0 Å². The average molecular weight is 112 g/mol. The Hall–Kier alpha value is -0.530. The molecule has 2 heteroatoms. The van der Waals surface area contributed by atoms with Crippen LogP contribution >= 0.6 is 0 Å². The maximum atomic E-state index is 4.28. The highest BCUT2D eigenvalue weighted by atomic mass is 15.4. The zero-order valence-corrected chi connectivity index (χ0v) is 5.89. The highest BCUT2D eigenvalue weighted by Crippen LogP contribution is 2.23. The quantitative estimate of drug-likeness (QED) is 0.458. The molecule has 0 fully saturated rings. The minimum absolute atomic E-state index is 0.0735. The molecule has 0 amide bonds. The van der Waals surface area contributed by atoms with Crippen molar-refractivity contribution < 1.29 is 0 Å². The molecule has 0 N–H and O–H groups in total. The van der Waals surface area contributed by atoms with E-state index in [9.17, 15) is 0 Å². The fourth-order valence-electron chi connectivity index (χ4n) is 0.897. The first-order valence-corrected chi connectivity index (χ1v) is 2.84. The summed E-state index contributed by atoms with van der Waals surface area (Å²) in [4.78, 5) is 6.44. The Balaban J connectivity index is 2.74. The molecule has 1 aliphatic heterocycles. The van der Waals surface area contributed by atoms with Crippen LogP contribution in [0.1, 0.15) is 20.8 Å². The summed E-state index contributed by atoms with van der Waals surface area (Å²) in [5.74, 6) is 1.13. The fourth-order valence-corrected chi connectivity index (χ4v) is 0.897. The second kappa shape index (κ2) is 1.24. The Kier molecular flexibility index (Phi) is 0.872. The summed E-state index contributed by atoms with van der Waals surface area (Å²) >= 11 is 0. The Morgan fingerprint density at radius 2 is 2.00 bits per heavy atom. The van der Waals surface area contributed by atoms with Crippen LogP contribution in [-0.4, -0.2) is 23.4 Å². The highest BCUT2D eigenvalue weighted by molar-refractivity contribution is 5.84. The van der Waals surface area contributed by atoms with E-state index in [1.807, 2.05) is 6.92 Å². The molecule has 0 bridgehead atoms. The van der Waals surface area contributed by atoms with Crippen LogP contribution in [0.5, 0.6) is 0 Å². The molecule has 1 heterocycles. The second-order valence-electron chi connectivity index (χ2n) is 2.71. The van der Waals surface area contributed by atoms with Crippen molar-refractivity contribution in [3.63, 3.8) is 0 Å². The molecule has 0 spiro atoms. The topological polar surface area (TPSA) is 15.6 Å². The molecule has 0 aliphatic carbocycles. The average Bonchev–Trinajstić information content (AvgIpc) is 1.65. The van der Waals surface area contributed by atoms with Crippen molar-refractivity contribution in [2.24, 2.45) is 4.99 Å². The van der Waals surface area contributed by atoms with Crippen LogP contribution in [0.2, 0.25) is 0 Å². The first kappa shape index (κ1) is 5.60. The fraction of sp³-hybridized carbons (Fsp3) is 0.833. The molecule has 46 valence electrons. The van der Waals surface area contributed by atoms with E-state index in [0.29, 0.717) is 0 Å². The van der Waals surface area contributed by atoms with E-state index in [2.05, 4.69) is 30.8 Å². The summed E-state index contributed by atoms with van der Waals surface area (Å²) in [7, 11) is 2.06. The summed E-state index contributed by atoms with van der Waals surface area (Å²) in [6.07, 6.45) is 0. The van der Waals surface area contributed by atoms with Crippen molar-refractivity contribution in [3.8, 4) is 0 Å². The number of rotatable bonds is 0. The number of hydrogen-bond acceptors (Lipinski definition) is 2. The first-order chi connectivity index (χ1) is 3.54. The molecule has 8 heavy (non-hydrogen) atoms. The van der Waals surface area contributed by atoms with Gasteiger partial charge < -0.3 is 4.90 Å². The summed E-state index contributed by atoms with van der Waals surface area (Å²) in [6, 6.07) is 0. The van der Waals surface area contributed by atoms with Crippen molar-refractivity contribution >= 4 is 5.84 Å². The Morgan fingerprint density at radius 1 is 1.50 bits per heavy atom. The molecule has 0 aromatic rings. The summed E-state index contributed by atoms with van der Waals surface area (Å²) in [6.45, 7) is 6.21. The van der Waals surface area contributed by atoms with Gasteiger partial charge in [-0.15, -0.1) is 0 Å². The summed E-state index contributed by atoms with van der Waals surface area (Å²) < 4.78 is 0. The van der Waals surface area contributed by atoms with Gasteiger partial charge in [0.2, 0.25) is 0 Å². The third-order valence-electron chi connectivity index (χ3n) is 1.74. The van der Waals surface area contributed by atoms with Gasteiger partial charge in [-0.3, -0.25) is 0 Å². The predicted octanol–water partition coefficient (Wildman–Crippen LogP) is 1.09. The van der Waals surface area contributed by atoms with Gasteiger partial charge in [-0.2, -0.15) is 0 Å². The molecule has 1 rings (SSSR count). The van der Waals surface area contributed by atoms with Crippen molar-refractivity contribution in [1.82, 2.24) is 4.90 Å². The van der Waals surface area contributed by atoms with Crippen LogP contribution in [0.4, 0.5) is 0 Å². The van der Waals surface area contributed by atoms with Gasteiger partial charge in [0.1, 0.15) is 11.5 Å². The van der Waals surface area contributed by atoms with Crippen LogP contribution < -0.4 is 0 Å². The van der Waals surface area contributed by atoms with E-state index in [-0.39, 0.29) is 5.66 Å². The summed E-state index contributed by atoms with van der Waals surface area (Å²) in [5, 5.41) is 0. The molecule has 0 unspecified atom stereocenters. The lowest BCUT2D eigenvalue weighted by atomic mass is 10.1. The Bertz CT molecular complexity index is 135. The van der Waals surface area contributed by atoms with Gasteiger partial charge in [0.25, 0.3) is 0 Å². The molecule has 0 atom stereocenters. The minimum Gasteiger partial charge on any atom is -0.339 e. The predicted molar refractivity (Wildman–Crippen MR) is 35.0 cm³/mol. The zero-order valence-electron chi connectivity index (χ0n) is 5.89. The van der Waals surface area contributed by atoms with Crippen LogP contribution in [0.3, 0.4) is 0 Å². The molecule has 0 saturated carbocycles. The van der Waals surface area contributed by atoms with Crippen molar-refractivity contribution in [2.45, 2.75) is 26.4 Å². The zero-order chi connectivity index (χ0) is 6.36. The van der Waals surface area contributed by atoms with Crippen molar-refractivity contribution in [2.75, 3.05) is 7.05 Å². The lowest BCUT2D eigenvalue weighted by Crippen LogP contribution is -2.51. The van der Waals surface area contributed by atoms with Gasteiger partial charge in [-0.25, -0.2) is 4.99 Å². The molecule has 2 nitrogen and oxygen atoms in total. The van der Waals surface area contributed by atoms with E-state index < -0.39 is 0 Å². The maximum Gasteiger partial charge on any atom is 0.128 e. The van der Waals surface area contributed by atoms with Gasteiger partial charge in [0.15, 0.2) is 0 Å². The highest BCUT2D eigenvalue weighted by Gasteiger charge is 2.31. The van der Waals surface area contributed by atoms with Crippen molar-refractivity contribution in [3.05, 3.63) is 0 Å². The maximum absolute atomic E-state index is 4.28. The third kappa shape index (κ3) is 0.522. The van der Waals surface area contributed by atoms with Gasteiger partial charge in [0, 0.05) is 7.05 Å². The van der Waals surface area contributed by atoms with E-state index in [1.165, 1.54) is 0 Å². The number of aliphatic imine (C=N–C) groups is 1. The van der Waals surface area contributed by atoms with E-state index in [1.54, 1.807) is 0 Å². The Morgan fingerprint density at radius 3 is 2.00 bits per heavy atom. The third-order valence-corrected chi connectivity index (χ3v) is 1.74. The van der Waals surface area contributed by atoms with E-state index in [0.717, 1.165) is 5.84 Å². The lowest BCUT2D eigenvalue weighted by Gasteiger charge is -2.42. The lowest BCUT2D eigenvalue weighted by molar-refractivity contribution is 0.213. The van der Waals surface area contributed by atoms with E-state index >= 15 is 0 Å². The SMILES string of the molecule is CC1=NC(C)(C)N1C. The molecule has 0 saturated heterocycles.